The number of imide groups is 2. The van der Waals surface area contributed by atoms with Gasteiger partial charge in [0.1, 0.15) is 0 Å². The molecule has 1 spiro atoms. The van der Waals surface area contributed by atoms with Gasteiger partial charge >= 0.3 is 6.03 Å². The van der Waals surface area contributed by atoms with E-state index in [1.54, 1.807) is 24.8 Å². The van der Waals surface area contributed by atoms with E-state index < -0.39 is 47.1 Å². The van der Waals surface area contributed by atoms with Crippen molar-refractivity contribution in [2.24, 2.45) is 11.1 Å². The smallest absolute Gasteiger partial charge is 0.328 e. The number of anilines is 1. The lowest BCUT2D eigenvalue weighted by atomic mass is 9.66. The van der Waals surface area contributed by atoms with Gasteiger partial charge in [-0.3, -0.25) is 25.0 Å². The molecule has 3 aliphatic rings. The van der Waals surface area contributed by atoms with Crippen molar-refractivity contribution in [3.05, 3.63) is 35.4 Å². The van der Waals surface area contributed by atoms with Crippen molar-refractivity contribution in [1.29, 1.82) is 0 Å². The molecule has 36 heavy (non-hydrogen) atoms. The van der Waals surface area contributed by atoms with Gasteiger partial charge in [0.25, 0.3) is 5.91 Å². The minimum Gasteiger partial charge on any atom is -0.372 e. The number of nitrogens with one attached hydrogen (secondary N) is 2. The zero-order chi connectivity index (χ0) is 25.5. The van der Waals surface area contributed by atoms with E-state index in [9.17, 15) is 19.2 Å². The maximum atomic E-state index is 16.1. The van der Waals surface area contributed by atoms with Crippen LogP contribution < -0.4 is 21.3 Å². The van der Waals surface area contributed by atoms with E-state index in [-0.39, 0.29) is 47.1 Å². The van der Waals surface area contributed by atoms with Crippen molar-refractivity contribution in [3.8, 4) is 5.82 Å². The first kappa shape index (κ1) is 22.2. The van der Waals surface area contributed by atoms with Gasteiger partial charge < -0.3 is 19.9 Å². The molecule has 3 aliphatic heterocycles. The number of primary amides is 1. The van der Waals surface area contributed by atoms with E-state index in [0.717, 1.165) is 0 Å². The highest BCUT2D eigenvalue weighted by atomic mass is 19.1. The zero-order valence-corrected chi connectivity index (χ0v) is 19.1. The lowest BCUT2D eigenvalue weighted by Crippen LogP contribution is -2.75. The molecule has 0 saturated carbocycles. The quantitative estimate of drug-likeness (QED) is 0.416. The van der Waals surface area contributed by atoms with Gasteiger partial charge in [0.15, 0.2) is 11.2 Å². The summed E-state index contributed by atoms with van der Waals surface area (Å²) in [5.74, 6) is -2.91. The molecule has 2 fully saturated rings. The summed E-state index contributed by atoms with van der Waals surface area (Å²) in [5, 5.41) is 12.6. The number of urea groups is 1. The molecule has 0 unspecified atom stereocenters. The molecule has 0 radical (unpaired) electrons. The molecule has 0 bridgehead atoms. The van der Waals surface area contributed by atoms with Crippen LogP contribution in [-0.4, -0.2) is 63.5 Å². The molecule has 3 atom stereocenters. The van der Waals surface area contributed by atoms with Crippen LogP contribution in [0.1, 0.15) is 29.8 Å². The lowest BCUT2D eigenvalue weighted by Gasteiger charge is -2.55. The van der Waals surface area contributed by atoms with Gasteiger partial charge in [-0.1, -0.05) is 5.16 Å². The van der Waals surface area contributed by atoms with E-state index in [0.29, 0.717) is 5.56 Å². The molecule has 4 N–H and O–H groups in total. The van der Waals surface area contributed by atoms with Crippen LogP contribution in [0.4, 0.5) is 14.9 Å². The normalized spacial score (nSPS) is 24.9. The number of nitrogens with zero attached hydrogens (tertiary/aromatic N) is 4. The fraction of sp³-hybridized carbons (Fsp3) is 0.364. The second-order valence-electron chi connectivity index (χ2n) is 9.25. The monoisotopic (exact) mass is 497 g/mol. The summed E-state index contributed by atoms with van der Waals surface area (Å²) in [6.07, 6.45) is 1.37. The van der Waals surface area contributed by atoms with Crippen molar-refractivity contribution < 1.29 is 32.8 Å². The molecule has 13 nitrogen and oxygen atoms in total. The predicted molar refractivity (Wildman–Crippen MR) is 119 cm³/mol. The maximum absolute atomic E-state index is 16.1. The Morgan fingerprint density at radius 3 is 2.64 bits per heavy atom. The molecule has 2 saturated heterocycles. The average molecular weight is 497 g/mol. The van der Waals surface area contributed by atoms with Gasteiger partial charge in [-0.2, -0.15) is 5.10 Å². The number of halogens is 1. The van der Waals surface area contributed by atoms with Crippen LogP contribution in [0.3, 0.4) is 0 Å². The van der Waals surface area contributed by atoms with Crippen molar-refractivity contribution in [2.45, 2.75) is 38.5 Å². The predicted octanol–water partition coefficient (Wildman–Crippen LogP) is 0.142. The van der Waals surface area contributed by atoms with E-state index in [1.807, 2.05) is 0 Å². The van der Waals surface area contributed by atoms with Gasteiger partial charge in [0.05, 0.1) is 41.1 Å². The number of morpholine rings is 1. The number of ether oxygens (including phenoxy) is 1. The minimum atomic E-state index is -1.76. The van der Waals surface area contributed by atoms with Crippen LogP contribution in [0.15, 0.2) is 23.0 Å². The summed E-state index contributed by atoms with van der Waals surface area (Å²) in [7, 11) is 0. The van der Waals surface area contributed by atoms with Crippen molar-refractivity contribution >= 4 is 40.4 Å². The Bertz CT molecular complexity index is 1480. The number of rotatable bonds is 2. The Labute approximate surface area is 201 Å². The van der Waals surface area contributed by atoms with E-state index in [2.05, 4.69) is 20.9 Å². The van der Waals surface area contributed by atoms with Gasteiger partial charge in [0, 0.05) is 19.2 Å². The number of carbonyl (C=O) groups is 4. The number of barbiturate groups is 1. The molecule has 0 aliphatic carbocycles. The molecule has 14 heteroatoms. The Kier molecular flexibility index (Phi) is 4.51. The third-order valence-corrected chi connectivity index (χ3v) is 7.03. The summed E-state index contributed by atoms with van der Waals surface area (Å²) in [4.78, 5) is 51.5. The lowest BCUT2D eigenvalue weighted by molar-refractivity contribution is -0.153. The first-order chi connectivity index (χ1) is 17.1. The number of amides is 5. The highest BCUT2D eigenvalue weighted by Crippen LogP contribution is 2.49. The SMILES string of the molecule is C[C@@H]1CN2c3c(cc4c(-n5cc(C(N)=O)cn5)noc4c3F)CC3(C(=O)NC(=O)NC3=O)[C@H]2[C@H](C)O1. The number of nitrogens with two attached hydrogens (primary N) is 1. The highest BCUT2D eigenvalue weighted by molar-refractivity contribution is 6.20. The first-order valence-electron chi connectivity index (χ1n) is 11.2. The van der Waals surface area contributed by atoms with Gasteiger partial charge in [-0.25, -0.2) is 13.9 Å². The number of carbonyl (C=O) groups excluding carboxylic acids is 4. The second-order valence-corrected chi connectivity index (χ2v) is 9.25. The molecular formula is C22H20FN7O6. The summed E-state index contributed by atoms with van der Waals surface area (Å²) in [5.41, 5.74) is 3.99. The molecule has 5 heterocycles. The van der Waals surface area contributed by atoms with Gasteiger partial charge in [-0.05, 0) is 25.5 Å². The molecule has 5 amide bonds. The Morgan fingerprint density at radius 1 is 1.25 bits per heavy atom. The summed E-state index contributed by atoms with van der Waals surface area (Å²) in [6.45, 7) is 3.69. The Balaban J connectivity index is 1.58. The van der Waals surface area contributed by atoms with Crippen molar-refractivity contribution in [3.63, 3.8) is 0 Å². The van der Waals surface area contributed by atoms with Crippen LogP contribution in [0.5, 0.6) is 0 Å². The molecule has 2 aromatic heterocycles. The third kappa shape index (κ3) is 2.84. The fourth-order valence-electron chi connectivity index (χ4n) is 5.67. The topological polar surface area (TPSA) is 175 Å². The van der Waals surface area contributed by atoms with Crippen LogP contribution >= 0.6 is 0 Å². The van der Waals surface area contributed by atoms with Crippen LogP contribution in [-0.2, 0) is 20.7 Å². The van der Waals surface area contributed by atoms with Gasteiger partial charge in [0.2, 0.25) is 23.2 Å². The first-order valence-corrected chi connectivity index (χ1v) is 11.2. The fourth-order valence-corrected chi connectivity index (χ4v) is 5.67. The summed E-state index contributed by atoms with van der Waals surface area (Å²) in [6, 6.07) is -0.240. The Morgan fingerprint density at radius 2 is 1.97 bits per heavy atom. The van der Waals surface area contributed by atoms with Crippen LogP contribution in [0.25, 0.3) is 16.8 Å². The van der Waals surface area contributed by atoms with E-state index in [4.69, 9.17) is 15.0 Å². The third-order valence-electron chi connectivity index (χ3n) is 7.03. The number of hydrogen-bond donors (Lipinski definition) is 3. The van der Waals surface area contributed by atoms with E-state index in [1.165, 1.54) is 17.1 Å². The van der Waals surface area contributed by atoms with Crippen LogP contribution in [0.2, 0.25) is 0 Å². The minimum absolute atomic E-state index is 0.0896. The summed E-state index contributed by atoms with van der Waals surface area (Å²) < 4.78 is 28.6. The zero-order valence-electron chi connectivity index (χ0n) is 19.1. The maximum Gasteiger partial charge on any atom is 0.328 e. The second kappa shape index (κ2) is 7.34. The van der Waals surface area contributed by atoms with Crippen molar-refractivity contribution in [2.75, 3.05) is 11.4 Å². The van der Waals surface area contributed by atoms with Crippen molar-refractivity contribution in [1.82, 2.24) is 25.6 Å². The number of aromatic nitrogens is 3. The van der Waals surface area contributed by atoms with E-state index >= 15 is 4.39 Å². The largest absolute Gasteiger partial charge is 0.372 e. The van der Waals surface area contributed by atoms with Gasteiger partial charge in [-0.15, -0.1) is 0 Å². The number of hydrogen-bond acceptors (Lipinski definition) is 9. The molecule has 3 aromatic rings. The molecular weight excluding hydrogens is 477 g/mol. The Hall–Kier alpha value is -4.33. The average Bonchev–Trinajstić information content (AvgIpc) is 3.44. The number of fused-ring (bicyclic) bond motifs is 5. The number of benzene rings is 1. The van der Waals surface area contributed by atoms with Crippen LogP contribution in [0, 0.1) is 11.2 Å². The standard InChI is InChI=1S/C22H20FN7O6/c1-8-6-29-14-10(4-22(16(29)9(2)35-8)19(32)26-21(34)27-20(22)33)3-12-15(13(14)23)36-28-18(12)30-7-11(5-25-30)17(24)31/h3,5,7-9,16H,4,6H2,1-2H3,(H2,24,31)(H2,26,27,32,33,34)/t8-,9+,16-/m1/s1. The molecule has 6 rings (SSSR count). The molecule has 1 aromatic carbocycles. The highest BCUT2D eigenvalue weighted by Gasteiger charge is 2.63. The summed E-state index contributed by atoms with van der Waals surface area (Å²) >= 11 is 0. The molecule has 186 valence electrons.